The summed E-state index contributed by atoms with van der Waals surface area (Å²) in [7, 11) is 0. The molecule has 0 amide bonds. The van der Waals surface area contributed by atoms with Crippen molar-refractivity contribution in [2.75, 3.05) is 13.2 Å². The monoisotopic (exact) mass is 611 g/mol. The Kier molecular flexibility index (Phi) is 8.77. The number of ether oxygens (including phenoxy) is 4. The lowest BCUT2D eigenvalue weighted by Crippen LogP contribution is -2.60. The molecule has 3 heterocycles. The summed E-state index contributed by atoms with van der Waals surface area (Å²) in [6.07, 6.45) is -16.1. The highest BCUT2D eigenvalue weighted by Gasteiger charge is 2.46. The van der Waals surface area contributed by atoms with Crippen molar-refractivity contribution in [2.45, 2.75) is 61.4 Å². The summed E-state index contributed by atoms with van der Waals surface area (Å²) >= 11 is 0. The van der Waals surface area contributed by atoms with Crippen LogP contribution in [0, 0.1) is 0 Å². The first-order valence-corrected chi connectivity index (χ1v) is 13.0. The van der Waals surface area contributed by atoms with Crippen LogP contribution >= 0.6 is 0 Å². The van der Waals surface area contributed by atoms with Crippen molar-refractivity contribution in [1.29, 1.82) is 0 Å². The van der Waals surface area contributed by atoms with Gasteiger partial charge in [0.2, 0.25) is 18.3 Å². The second kappa shape index (κ2) is 12.2. The second-order valence-electron chi connectivity index (χ2n) is 10.1. The van der Waals surface area contributed by atoms with Crippen molar-refractivity contribution in [3.63, 3.8) is 0 Å². The third-order valence-corrected chi connectivity index (χ3v) is 7.22. The Morgan fingerprint density at radius 1 is 0.628 bits per heavy atom. The van der Waals surface area contributed by atoms with E-state index in [0.29, 0.717) is 0 Å². The van der Waals surface area contributed by atoms with Crippen LogP contribution in [-0.4, -0.2) is 131 Å². The van der Waals surface area contributed by atoms with E-state index in [1.165, 1.54) is 24.3 Å². The van der Waals surface area contributed by atoms with Gasteiger partial charge in [0.15, 0.2) is 11.5 Å². The smallest absolute Gasteiger partial charge is 0.402 e. The summed E-state index contributed by atoms with van der Waals surface area (Å²) in [5.41, 5.74) is 0.0674. The second-order valence-corrected chi connectivity index (χ2v) is 10.1. The molecule has 2 aliphatic heterocycles. The Bertz CT molecular complexity index is 1450. The Balaban J connectivity index is 1.51. The fourth-order valence-corrected chi connectivity index (χ4v) is 4.81. The van der Waals surface area contributed by atoms with Crippen molar-refractivity contribution in [3.05, 3.63) is 36.4 Å². The van der Waals surface area contributed by atoms with Crippen molar-refractivity contribution in [3.8, 4) is 40.1 Å². The molecule has 2 saturated heterocycles. The zero-order valence-corrected chi connectivity index (χ0v) is 22.1. The molecule has 11 N–H and O–H groups in total. The maximum atomic E-state index is 10.8. The number of aliphatic hydroxyl groups is 8. The predicted molar refractivity (Wildman–Crippen MR) is 140 cm³/mol. The molecule has 234 valence electrons. The molecule has 43 heavy (non-hydrogen) atoms. The molecule has 0 saturated carbocycles. The predicted octanol–water partition coefficient (Wildman–Crippen LogP) is -2.14. The number of hydrogen-bond acceptors (Lipinski definition) is 15. The molecule has 16 heteroatoms. The number of aromatic hydroxyl groups is 3. The third kappa shape index (κ3) is 5.85. The molecule has 2 fully saturated rings. The van der Waals surface area contributed by atoms with Crippen LogP contribution in [0.2, 0.25) is 0 Å². The average Bonchev–Trinajstić information content (AvgIpc) is 2.98. The van der Waals surface area contributed by atoms with Crippen molar-refractivity contribution in [2.24, 2.45) is 0 Å². The van der Waals surface area contributed by atoms with Gasteiger partial charge in [-0.2, -0.15) is 0 Å². The molecular weight excluding hydrogens is 580 g/mol. The fraction of sp³-hybridized carbons (Fsp3) is 0.444. The summed E-state index contributed by atoms with van der Waals surface area (Å²) in [6.45, 7) is -1.41. The first kappa shape index (κ1) is 30.9. The number of phenolic OH excluding ortho intramolecular Hbond substituents is 3. The highest BCUT2D eigenvalue weighted by atomic mass is 16.7. The highest BCUT2D eigenvalue weighted by molar-refractivity contribution is 5.88. The lowest BCUT2D eigenvalue weighted by Gasteiger charge is -2.39. The maximum Gasteiger partial charge on any atom is 0.402 e. The average molecular weight is 612 g/mol. The molecule has 1 aromatic heterocycles. The summed E-state index contributed by atoms with van der Waals surface area (Å²) < 4.78 is 27.9. The molecular formula is C27H31O16+. The number of phenols is 3. The van der Waals surface area contributed by atoms with Crippen LogP contribution in [0.4, 0.5) is 0 Å². The van der Waals surface area contributed by atoms with Crippen LogP contribution in [0.15, 0.2) is 40.8 Å². The highest BCUT2D eigenvalue weighted by Crippen LogP contribution is 2.42. The maximum absolute atomic E-state index is 10.8. The van der Waals surface area contributed by atoms with Crippen LogP contribution in [0.25, 0.3) is 22.3 Å². The summed E-state index contributed by atoms with van der Waals surface area (Å²) in [5.74, 6) is -1.89. The molecule has 3 aromatic rings. The SMILES string of the molecule is OC[C@H]1OC(Oc2ccc(-c3[o+]c4cc(O)cc(O)c4cc3OC3O[C@H](CO)[C@@H](O)[C@H](O)[C@H]3O)cc2O)[C@H](O)[C@@H](O)[C@@H]1O. The van der Waals surface area contributed by atoms with Crippen LogP contribution in [-0.2, 0) is 9.47 Å². The van der Waals surface area contributed by atoms with Gasteiger partial charge < -0.3 is 75.1 Å². The van der Waals surface area contributed by atoms with Crippen molar-refractivity contribution in [1.82, 2.24) is 0 Å². The fourth-order valence-electron chi connectivity index (χ4n) is 4.81. The van der Waals surface area contributed by atoms with Gasteiger partial charge in [0, 0.05) is 18.2 Å². The van der Waals surface area contributed by atoms with Crippen LogP contribution in [0.1, 0.15) is 0 Å². The molecule has 2 aromatic carbocycles. The van der Waals surface area contributed by atoms with E-state index in [1.807, 2.05) is 0 Å². The molecule has 16 nitrogen and oxygen atoms in total. The minimum atomic E-state index is -1.79. The van der Waals surface area contributed by atoms with Gasteiger partial charge in [-0.3, -0.25) is 0 Å². The standard InChI is InChI=1S/C27H30O16/c28-7-17-19(33)21(35)23(37)26(42-17)40-14-2-1-9(3-13(14)32)25-16(6-11-12(31)4-10(30)5-15(11)39-25)41-27-24(38)22(36)20(34)18(8-29)43-27/h1-6,17-24,26-29,33-38H,7-8H2,(H2-,30,31,32)/p+1/t17-,18-,19-,20-,21+,22+,23-,24-,26?,27?/m1/s1. The largest absolute Gasteiger partial charge is 0.507 e. The van der Waals surface area contributed by atoms with E-state index in [9.17, 15) is 56.2 Å². The molecule has 2 aliphatic rings. The van der Waals surface area contributed by atoms with E-state index in [0.717, 1.165) is 12.1 Å². The first-order chi connectivity index (χ1) is 20.4. The molecule has 0 radical (unpaired) electrons. The van der Waals surface area contributed by atoms with Gasteiger partial charge in [0.05, 0.1) is 24.8 Å². The van der Waals surface area contributed by atoms with Gasteiger partial charge in [-0.15, -0.1) is 0 Å². The van der Waals surface area contributed by atoms with E-state index < -0.39 is 86.1 Å². The Labute approximate surface area is 242 Å². The lowest BCUT2D eigenvalue weighted by atomic mass is 9.99. The number of benzene rings is 2. The molecule has 5 rings (SSSR count). The molecule has 0 aliphatic carbocycles. The first-order valence-electron chi connectivity index (χ1n) is 13.0. The van der Waals surface area contributed by atoms with E-state index in [2.05, 4.69) is 0 Å². The Morgan fingerprint density at radius 2 is 1.19 bits per heavy atom. The zero-order chi connectivity index (χ0) is 31.2. The number of aliphatic hydroxyl groups excluding tert-OH is 8. The van der Waals surface area contributed by atoms with Gasteiger partial charge in [-0.1, -0.05) is 0 Å². The molecule has 10 atom stereocenters. The minimum absolute atomic E-state index is 0.0326. The molecule has 0 bridgehead atoms. The van der Waals surface area contributed by atoms with E-state index in [4.69, 9.17) is 23.4 Å². The van der Waals surface area contributed by atoms with Gasteiger partial charge >= 0.3 is 11.3 Å². The number of rotatable bonds is 7. The van der Waals surface area contributed by atoms with Crippen LogP contribution < -0.4 is 9.47 Å². The normalized spacial score (nSPS) is 32.9. The molecule has 2 unspecified atom stereocenters. The Hall–Kier alpha value is -3.55. The van der Waals surface area contributed by atoms with Crippen LogP contribution in [0.3, 0.4) is 0 Å². The van der Waals surface area contributed by atoms with E-state index in [-0.39, 0.29) is 39.5 Å². The number of fused-ring (bicyclic) bond motifs is 1. The topological polar surface area (TPSA) is 271 Å². The minimum Gasteiger partial charge on any atom is -0.507 e. The summed E-state index contributed by atoms with van der Waals surface area (Å²) in [6, 6.07) is 7.20. The van der Waals surface area contributed by atoms with Gasteiger partial charge in [-0.05, 0) is 12.1 Å². The van der Waals surface area contributed by atoms with Crippen molar-refractivity contribution >= 4 is 11.0 Å². The Morgan fingerprint density at radius 3 is 1.72 bits per heavy atom. The molecule has 0 spiro atoms. The van der Waals surface area contributed by atoms with Gasteiger partial charge in [0.1, 0.15) is 65.7 Å². The van der Waals surface area contributed by atoms with Crippen molar-refractivity contribution < 1.29 is 79.5 Å². The van der Waals surface area contributed by atoms with Gasteiger partial charge in [-0.25, -0.2) is 4.42 Å². The number of hydrogen-bond donors (Lipinski definition) is 11. The van der Waals surface area contributed by atoms with E-state index >= 15 is 0 Å². The lowest BCUT2D eigenvalue weighted by molar-refractivity contribution is -0.277. The van der Waals surface area contributed by atoms with E-state index in [1.54, 1.807) is 0 Å². The summed E-state index contributed by atoms with van der Waals surface area (Å²) in [4.78, 5) is 0. The van der Waals surface area contributed by atoms with Crippen LogP contribution in [0.5, 0.6) is 28.7 Å². The van der Waals surface area contributed by atoms with Gasteiger partial charge in [0.25, 0.3) is 0 Å². The third-order valence-electron chi connectivity index (χ3n) is 7.22. The quantitative estimate of drug-likeness (QED) is 0.127. The zero-order valence-electron chi connectivity index (χ0n) is 22.1. The summed E-state index contributed by atoms with van der Waals surface area (Å²) in [5, 5.41) is 111.